The first kappa shape index (κ1) is 14.2. The SMILES string of the molecule is COCC(C)N(C)C(=O)c1cc(C)cc(Br)c1. The molecular formula is C13H18BrNO2. The van der Waals surface area contributed by atoms with Gasteiger partial charge in [0.1, 0.15) is 0 Å². The lowest BCUT2D eigenvalue weighted by molar-refractivity contribution is 0.0633. The number of carbonyl (C=O) groups excluding carboxylic acids is 1. The van der Waals surface area contributed by atoms with Gasteiger partial charge in [-0.3, -0.25) is 4.79 Å². The molecule has 0 N–H and O–H groups in total. The molecule has 1 unspecified atom stereocenters. The number of benzene rings is 1. The smallest absolute Gasteiger partial charge is 0.253 e. The summed E-state index contributed by atoms with van der Waals surface area (Å²) >= 11 is 3.40. The highest BCUT2D eigenvalue weighted by atomic mass is 79.9. The number of aryl methyl sites for hydroxylation is 1. The molecule has 0 saturated heterocycles. The van der Waals surface area contributed by atoms with E-state index in [0.717, 1.165) is 10.0 Å². The van der Waals surface area contributed by atoms with Crippen LogP contribution in [-0.4, -0.2) is 37.6 Å². The number of carbonyl (C=O) groups is 1. The summed E-state index contributed by atoms with van der Waals surface area (Å²) < 4.78 is 5.98. The van der Waals surface area contributed by atoms with E-state index in [1.54, 1.807) is 19.1 Å². The van der Waals surface area contributed by atoms with Crippen LogP contribution in [-0.2, 0) is 4.74 Å². The standard InChI is InChI=1S/C13H18BrNO2/c1-9-5-11(7-12(14)6-9)13(16)15(3)10(2)8-17-4/h5-7,10H,8H2,1-4H3. The largest absolute Gasteiger partial charge is 0.383 e. The minimum atomic E-state index is 0.0129. The van der Waals surface area contributed by atoms with E-state index >= 15 is 0 Å². The van der Waals surface area contributed by atoms with Gasteiger partial charge in [0.15, 0.2) is 0 Å². The summed E-state index contributed by atoms with van der Waals surface area (Å²) in [5.41, 5.74) is 1.76. The van der Waals surface area contributed by atoms with Gasteiger partial charge >= 0.3 is 0 Å². The van der Waals surface area contributed by atoms with Crippen LogP contribution >= 0.6 is 15.9 Å². The highest BCUT2D eigenvalue weighted by Gasteiger charge is 2.17. The number of amides is 1. The molecule has 17 heavy (non-hydrogen) atoms. The van der Waals surface area contributed by atoms with Gasteiger partial charge in [0.2, 0.25) is 0 Å². The normalized spacial score (nSPS) is 12.3. The van der Waals surface area contributed by atoms with Crippen LogP contribution in [0, 0.1) is 6.92 Å². The maximum absolute atomic E-state index is 12.2. The Kier molecular flexibility index (Phi) is 5.15. The predicted octanol–water partition coefficient (Wildman–Crippen LogP) is 2.86. The second-order valence-electron chi connectivity index (χ2n) is 4.24. The number of methoxy groups -OCH3 is 1. The van der Waals surface area contributed by atoms with Gasteiger partial charge in [-0.15, -0.1) is 0 Å². The fraction of sp³-hybridized carbons (Fsp3) is 0.462. The summed E-state index contributed by atoms with van der Waals surface area (Å²) in [6.45, 7) is 4.47. The van der Waals surface area contributed by atoms with Crippen molar-refractivity contribution in [1.82, 2.24) is 4.90 Å². The zero-order valence-corrected chi connectivity index (χ0v) is 12.2. The fourth-order valence-corrected chi connectivity index (χ4v) is 2.22. The molecule has 0 aliphatic carbocycles. The lowest BCUT2D eigenvalue weighted by Gasteiger charge is -2.24. The monoisotopic (exact) mass is 299 g/mol. The number of likely N-dealkylation sites (N-methyl/N-ethyl adjacent to an activating group) is 1. The zero-order valence-electron chi connectivity index (χ0n) is 10.7. The van der Waals surface area contributed by atoms with E-state index in [2.05, 4.69) is 15.9 Å². The highest BCUT2D eigenvalue weighted by molar-refractivity contribution is 9.10. The number of nitrogens with zero attached hydrogens (tertiary/aromatic N) is 1. The van der Waals surface area contributed by atoms with Crippen molar-refractivity contribution in [1.29, 1.82) is 0 Å². The third kappa shape index (κ3) is 3.82. The van der Waals surface area contributed by atoms with Crippen molar-refractivity contribution >= 4 is 21.8 Å². The van der Waals surface area contributed by atoms with Gasteiger partial charge in [-0.1, -0.05) is 15.9 Å². The first-order chi connectivity index (χ1) is 7.95. The highest BCUT2D eigenvalue weighted by Crippen LogP contribution is 2.17. The quantitative estimate of drug-likeness (QED) is 0.855. The maximum Gasteiger partial charge on any atom is 0.253 e. The van der Waals surface area contributed by atoms with E-state index < -0.39 is 0 Å². The summed E-state index contributed by atoms with van der Waals surface area (Å²) in [5.74, 6) is 0.0129. The second kappa shape index (κ2) is 6.17. The van der Waals surface area contributed by atoms with Crippen LogP contribution in [0.1, 0.15) is 22.8 Å². The molecule has 0 fully saturated rings. The fourth-order valence-electron chi connectivity index (χ4n) is 1.62. The molecule has 94 valence electrons. The Bertz CT molecular complexity index is 386. The predicted molar refractivity (Wildman–Crippen MR) is 72.3 cm³/mol. The van der Waals surface area contributed by atoms with E-state index in [1.807, 2.05) is 32.0 Å². The number of halogens is 1. The third-order valence-electron chi connectivity index (χ3n) is 2.68. The summed E-state index contributed by atoms with van der Waals surface area (Å²) in [5, 5.41) is 0. The lowest BCUT2D eigenvalue weighted by atomic mass is 10.1. The molecule has 0 saturated carbocycles. The van der Waals surface area contributed by atoms with Crippen LogP contribution in [0.2, 0.25) is 0 Å². The average Bonchev–Trinajstić information content (AvgIpc) is 2.26. The molecule has 0 radical (unpaired) electrons. The van der Waals surface area contributed by atoms with E-state index in [-0.39, 0.29) is 11.9 Å². The first-order valence-corrected chi connectivity index (χ1v) is 6.28. The van der Waals surface area contributed by atoms with Crippen LogP contribution in [0.15, 0.2) is 22.7 Å². The van der Waals surface area contributed by atoms with Crippen LogP contribution in [0.4, 0.5) is 0 Å². The number of hydrogen-bond acceptors (Lipinski definition) is 2. The van der Waals surface area contributed by atoms with Crippen molar-refractivity contribution < 1.29 is 9.53 Å². The first-order valence-electron chi connectivity index (χ1n) is 5.49. The molecule has 1 aromatic rings. The van der Waals surface area contributed by atoms with Crippen molar-refractivity contribution in [2.75, 3.05) is 20.8 Å². The molecule has 1 atom stereocenters. The van der Waals surface area contributed by atoms with Gasteiger partial charge in [0, 0.05) is 24.2 Å². The van der Waals surface area contributed by atoms with Crippen molar-refractivity contribution in [2.45, 2.75) is 19.9 Å². The Balaban J connectivity index is 2.88. The molecule has 3 nitrogen and oxygen atoms in total. The summed E-state index contributed by atoms with van der Waals surface area (Å²) in [4.78, 5) is 13.9. The van der Waals surface area contributed by atoms with Crippen LogP contribution in [0.5, 0.6) is 0 Å². The molecule has 0 spiro atoms. The van der Waals surface area contributed by atoms with Crippen LogP contribution in [0.3, 0.4) is 0 Å². The van der Waals surface area contributed by atoms with Crippen LogP contribution < -0.4 is 0 Å². The zero-order chi connectivity index (χ0) is 13.0. The minimum absolute atomic E-state index is 0.0129. The molecule has 1 aromatic carbocycles. The van der Waals surface area contributed by atoms with E-state index in [1.165, 1.54) is 0 Å². The molecule has 0 bridgehead atoms. The second-order valence-corrected chi connectivity index (χ2v) is 5.15. The lowest BCUT2D eigenvalue weighted by Crippen LogP contribution is -2.37. The van der Waals surface area contributed by atoms with Crippen LogP contribution in [0.25, 0.3) is 0 Å². The molecule has 0 aliphatic rings. The maximum atomic E-state index is 12.2. The van der Waals surface area contributed by atoms with Gasteiger partial charge in [-0.05, 0) is 37.6 Å². The van der Waals surface area contributed by atoms with Gasteiger partial charge in [0.25, 0.3) is 5.91 Å². The van der Waals surface area contributed by atoms with Gasteiger partial charge in [-0.2, -0.15) is 0 Å². The number of rotatable bonds is 4. The van der Waals surface area contributed by atoms with Crippen molar-refractivity contribution in [3.05, 3.63) is 33.8 Å². The molecule has 0 aromatic heterocycles. The van der Waals surface area contributed by atoms with Gasteiger partial charge in [-0.25, -0.2) is 0 Å². The molecule has 4 heteroatoms. The summed E-state index contributed by atoms with van der Waals surface area (Å²) in [6.07, 6.45) is 0. The molecule has 0 heterocycles. The topological polar surface area (TPSA) is 29.5 Å². The average molecular weight is 300 g/mol. The van der Waals surface area contributed by atoms with Crippen molar-refractivity contribution in [3.8, 4) is 0 Å². The molecule has 1 rings (SSSR count). The van der Waals surface area contributed by atoms with E-state index in [9.17, 15) is 4.79 Å². The van der Waals surface area contributed by atoms with Crippen molar-refractivity contribution in [3.63, 3.8) is 0 Å². The molecule has 1 amide bonds. The van der Waals surface area contributed by atoms with Gasteiger partial charge in [0.05, 0.1) is 12.6 Å². The van der Waals surface area contributed by atoms with E-state index in [0.29, 0.717) is 12.2 Å². The Morgan fingerprint density at radius 2 is 2.12 bits per heavy atom. The van der Waals surface area contributed by atoms with E-state index in [4.69, 9.17) is 4.74 Å². The summed E-state index contributed by atoms with van der Waals surface area (Å²) in [7, 11) is 3.43. The van der Waals surface area contributed by atoms with Crippen molar-refractivity contribution in [2.24, 2.45) is 0 Å². The minimum Gasteiger partial charge on any atom is -0.383 e. The third-order valence-corrected chi connectivity index (χ3v) is 3.14. The van der Waals surface area contributed by atoms with Gasteiger partial charge < -0.3 is 9.64 Å². The Morgan fingerprint density at radius 3 is 2.65 bits per heavy atom. The number of hydrogen-bond donors (Lipinski definition) is 0. The Labute approximate surface area is 111 Å². The Hall–Kier alpha value is -0.870. The summed E-state index contributed by atoms with van der Waals surface area (Å²) in [6, 6.07) is 5.77. The molecule has 0 aliphatic heterocycles. The Morgan fingerprint density at radius 1 is 1.47 bits per heavy atom. The molecular weight excluding hydrogens is 282 g/mol. The number of ether oxygens (including phenoxy) is 1.